The van der Waals surface area contributed by atoms with Crippen molar-refractivity contribution < 1.29 is 0 Å². The third-order valence-electron chi connectivity index (χ3n) is 1.79. The molecule has 1 fully saturated rings. The van der Waals surface area contributed by atoms with E-state index in [9.17, 15) is 0 Å². The van der Waals surface area contributed by atoms with Crippen LogP contribution in [0.15, 0.2) is 4.99 Å². The zero-order valence-electron chi connectivity index (χ0n) is 6.01. The van der Waals surface area contributed by atoms with Gasteiger partial charge in [0.25, 0.3) is 0 Å². The number of hydrazine groups is 1. The lowest BCUT2D eigenvalue weighted by Gasteiger charge is -2.03. The van der Waals surface area contributed by atoms with E-state index in [0.29, 0.717) is 12.0 Å². The van der Waals surface area contributed by atoms with Crippen molar-refractivity contribution in [2.24, 2.45) is 16.6 Å². The van der Waals surface area contributed by atoms with Crippen molar-refractivity contribution >= 4 is 5.96 Å². The molecule has 1 saturated carbocycles. The van der Waals surface area contributed by atoms with E-state index in [1.165, 1.54) is 12.8 Å². The van der Waals surface area contributed by atoms with Crippen LogP contribution in [-0.4, -0.2) is 12.0 Å². The van der Waals surface area contributed by atoms with Crippen LogP contribution in [0.5, 0.6) is 0 Å². The fourth-order valence-electron chi connectivity index (χ4n) is 1.27. The quantitative estimate of drug-likeness (QED) is 0.204. The Labute approximate surface area is 60.7 Å². The summed E-state index contributed by atoms with van der Waals surface area (Å²) in [6.07, 6.45) is 4.85. The first kappa shape index (κ1) is 7.34. The summed E-state index contributed by atoms with van der Waals surface area (Å²) in [7, 11) is 0. The maximum atomic E-state index is 5.37. The lowest BCUT2D eigenvalue weighted by molar-refractivity contribution is 0.698. The average Bonchev–Trinajstić information content (AvgIpc) is 2.40. The van der Waals surface area contributed by atoms with Gasteiger partial charge in [0.1, 0.15) is 0 Å². The van der Waals surface area contributed by atoms with Gasteiger partial charge in [-0.3, -0.25) is 5.43 Å². The average molecular weight is 142 g/mol. The smallest absolute Gasteiger partial charge is 0.203 e. The number of rotatable bonds is 1. The van der Waals surface area contributed by atoms with Crippen LogP contribution in [-0.2, 0) is 0 Å². The molecule has 0 unspecified atom stereocenters. The largest absolute Gasteiger partial charge is 0.369 e. The second kappa shape index (κ2) is 3.41. The van der Waals surface area contributed by atoms with Crippen molar-refractivity contribution in [3.05, 3.63) is 0 Å². The van der Waals surface area contributed by atoms with Crippen LogP contribution < -0.4 is 17.0 Å². The molecule has 0 atom stereocenters. The Morgan fingerprint density at radius 2 is 2.00 bits per heavy atom. The second-order valence-electron chi connectivity index (χ2n) is 2.60. The zero-order chi connectivity index (χ0) is 7.40. The molecule has 0 radical (unpaired) electrons. The standard InChI is InChI=1S/C6H14N4/c7-6(10-8)9-5-3-1-2-4-5/h5H,1-4,8H2,(H3,7,9,10). The van der Waals surface area contributed by atoms with E-state index in [4.69, 9.17) is 11.6 Å². The Kier molecular flexibility index (Phi) is 2.50. The fourth-order valence-corrected chi connectivity index (χ4v) is 1.27. The highest BCUT2D eigenvalue weighted by molar-refractivity contribution is 5.77. The van der Waals surface area contributed by atoms with Crippen LogP contribution in [0, 0.1) is 0 Å². The van der Waals surface area contributed by atoms with Gasteiger partial charge < -0.3 is 5.73 Å². The molecule has 58 valence electrons. The maximum absolute atomic E-state index is 5.37. The third kappa shape index (κ3) is 1.88. The van der Waals surface area contributed by atoms with Crippen molar-refractivity contribution in [1.82, 2.24) is 5.43 Å². The van der Waals surface area contributed by atoms with Crippen molar-refractivity contribution in [3.63, 3.8) is 0 Å². The Bertz CT molecular complexity index is 126. The molecule has 10 heavy (non-hydrogen) atoms. The molecule has 1 aliphatic carbocycles. The molecule has 0 amide bonds. The monoisotopic (exact) mass is 142 g/mol. The van der Waals surface area contributed by atoms with Gasteiger partial charge >= 0.3 is 0 Å². The molecule has 0 aromatic rings. The van der Waals surface area contributed by atoms with Gasteiger partial charge in [-0.05, 0) is 12.8 Å². The molecule has 1 rings (SSSR count). The van der Waals surface area contributed by atoms with Crippen molar-refractivity contribution in [2.75, 3.05) is 0 Å². The normalized spacial score (nSPS) is 21.5. The Hall–Kier alpha value is -0.770. The minimum absolute atomic E-state index is 0.354. The molecule has 0 bridgehead atoms. The van der Waals surface area contributed by atoms with E-state index in [-0.39, 0.29) is 0 Å². The molecule has 0 aromatic carbocycles. The predicted molar refractivity (Wildman–Crippen MR) is 41.2 cm³/mol. The first-order chi connectivity index (χ1) is 4.83. The van der Waals surface area contributed by atoms with Gasteiger partial charge in [-0.1, -0.05) is 12.8 Å². The molecular formula is C6H14N4. The molecule has 0 aromatic heterocycles. The highest BCUT2D eigenvalue weighted by Crippen LogP contribution is 2.20. The molecular weight excluding hydrogens is 128 g/mol. The van der Waals surface area contributed by atoms with E-state index in [0.717, 1.165) is 12.8 Å². The zero-order valence-corrected chi connectivity index (χ0v) is 6.01. The lowest BCUT2D eigenvalue weighted by atomic mass is 10.3. The van der Waals surface area contributed by atoms with Crippen LogP contribution in [0.25, 0.3) is 0 Å². The number of nitrogens with two attached hydrogens (primary N) is 2. The molecule has 0 spiro atoms. The van der Waals surface area contributed by atoms with Crippen LogP contribution in [0.3, 0.4) is 0 Å². The minimum Gasteiger partial charge on any atom is -0.369 e. The predicted octanol–water partition coefficient (Wildman–Crippen LogP) is -0.293. The van der Waals surface area contributed by atoms with Gasteiger partial charge in [0.05, 0.1) is 6.04 Å². The Balaban J connectivity index is 2.34. The second-order valence-corrected chi connectivity index (χ2v) is 2.60. The van der Waals surface area contributed by atoms with Crippen LogP contribution in [0.4, 0.5) is 0 Å². The van der Waals surface area contributed by atoms with E-state index in [1.54, 1.807) is 0 Å². The number of hydrogen-bond donors (Lipinski definition) is 3. The summed E-state index contributed by atoms with van der Waals surface area (Å²) in [6, 6.07) is 0.413. The van der Waals surface area contributed by atoms with Crippen molar-refractivity contribution in [2.45, 2.75) is 31.7 Å². The molecule has 5 N–H and O–H groups in total. The van der Waals surface area contributed by atoms with Crippen molar-refractivity contribution in [3.8, 4) is 0 Å². The fraction of sp³-hybridized carbons (Fsp3) is 0.833. The highest BCUT2D eigenvalue weighted by Gasteiger charge is 2.13. The summed E-state index contributed by atoms with van der Waals surface area (Å²) in [5, 5.41) is 0. The summed E-state index contributed by atoms with van der Waals surface area (Å²) in [5.41, 5.74) is 7.69. The number of hydrogen-bond acceptors (Lipinski definition) is 2. The van der Waals surface area contributed by atoms with E-state index in [2.05, 4.69) is 10.4 Å². The SMILES string of the molecule is NNC(N)=NC1CCCC1. The molecule has 0 aliphatic heterocycles. The minimum atomic E-state index is 0.354. The Morgan fingerprint density at radius 3 is 2.50 bits per heavy atom. The maximum Gasteiger partial charge on any atom is 0.203 e. The van der Waals surface area contributed by atoms with Gasteiger partial charge in [-0.2, -0.15) is 0 Å². The molecule has 4 heteroatoms. The summed E-state index contributed by atoms with van der Waals surface area (Å²) in [5.74, 6) is 5.40. The highest BCUT2D eigenvalue weighted by atomic mass is 15.3. The molecule has 4 nitrogen and oxygen atoms in total. The van der Waals surface area contributed by atoms with Gasteiger partial charge in [-0.15, -0.1) is 0 Å². The lowest BCUT2D eigenvalue weighted by Crippen LogP contribution is -2.37. The van der Waals surface area contributed by atoms with E-state index in [1.807, 2.05) is 0 Å². The number of nitrogens with zero attached hydrogens (tertiary/aromatic N) is 1. The van der Waals surface area contributed by atoms with Gasteiger partial charge in [0.15, 0.2) is 0 Å². The van der Waals surface area contributed by atoms with Crippen LogP contribution in [0.2, 0.25) is 0 Å². The van der Waals surface area contributed by atoms with Crippen LogP contribution >= 0.6 is 0 Å². The number of guanidine groups is 1. The first-order valence-corrected chi connectivity index (χ1v) is 3.63. The summed E-state index contributed by atoms with van der Waals surface area (Å²) < 4.78 is 0. The van der Waals surface area contributed by atoms with Gasteiger partial charge in [0.2, 0.25) is 5.96 Å². The van der Waals surface area contributed by atoms with Gasteiger partial charge in [-0.25, -0.2) is 10.8 Å². The Morgan fingerprint density at radius 1 is 1.40 bits per heavy atom. The topological polar surface area (TPSA) is 76.4 Å². The number of nitrogens with one attached hydrogen (secondary N) is 1. The van der Waals surface area contributed by atoms with Crippen molar-refractivity contribution in [1.29, 1.82) is 0 Å². The number of aliphatic imine (C=N–C) groups is 1. The first-order valence-electron chi connectivity index (χ1n) is 3.63. The molecule has 0 heterocycles. The third-order valence-corrected chi connectivity index (χ3v) is 1.79. The molecule has 0 saturated heterocycles. The summed E-state index contributed by atoms with van der Waals surface area (Å²) in [4.78, 5) is 4.15. The summed E-state index contributed by atoms with van der Waals surface area (Å²) in [6.45, 7) is 0. The molecule has 1 aliphatic rings. The summed E-state index contributed by atoms with van der Waals surface area (Å²) >= 11 is 0. The van der Waals surface area contributed by atoms with Gasteiger partial charge in [0, 0.05) is 0 Å². The van der Waals surface area contributed by atoms with E-state index < -0.39 is 0 Å². The van der Waals surface area contributed by atoms with Crippen LogP contribution in [0.1, 0.15) is 25.7 Å². The van der Waals surface area contributed by atoms with E-state index >= 15 is 0 Å².